The van der Waals surface area contributed by atoms with Gasteiger partial charge in [-0.15, -0.1) is 0 Å². The molecule has 2 N–H and O–H groups in total. The minimum Gasteiger partial charge on any atom is -0.456 e. The van der Waals surface area contributed by atoms with Crippen LogP contribution in [0.15, 0.2) is 12.2 Å². The summed E-state index contributed by atoms with van der Waals surface area (Å²) in [6, 6.07) is 0. The highest BCUT2D eigenvalue weighted by Gasteiger charge is 2.32. The van der Waals surface area contributed by atoms with E-state index in [1.54, 1.807) is 6.92 Å². The number of hydrogen-bond donors (Lipinski definition) is 1. The Balaban J connectivity index is 4.58. The second-order valence-electron chi connectivity index (χ2n) is 5.14. The number of carbonyl (C=O) groups is 1. The number of hydrogen-bond acceptors (Lipinski definition) is 3. The fraction of sp³-hybridized carbons (Fsp3) is 0.750. The van der Waals surface area contributed by atoms with Gasteiger partial charge in [-0.25, -0.2) is 4.79 Å². The first-order valence-corrected chi connectivity index (χ1v) is 5.27. The number of esters is 1. The Kier molecular flexibility index (Phi) is 4.53. The molecule has 88 valence electrons. The van der Waals surface area contributed by atoms with E-state index in [4.69, 9.17) is 10.5 Å². The molecular formula is C12H23NO2. The summed E-state index contributed by atoms with van der Waals surface area (Å²) in [5.41, 5.74) is 5.50. The van der Waals surface area contributed by atoms with Crippen LogP contribution in [0.2, 0.25) is 0 Å². The molecule has 0 fully saturated rings. The van der Waals surface area contributed by atoms with Gasteiger partial charge in [-0.2, -0.15) is 0 Å². The summed E-state index contributed by atoms with van der Waals surface area (Å²) in [7, 11) is 0. The summed E-state index contributed by atoms with van der Waals surface area (Å²) in [5.74, 6) is -0.344. The molecule has 0 rings (SSSR count). The molecule has 0 saturated carbocycles. The van der Waals surface area contributed by atoms with Crippen LogP contribution in [0.1, 0.15) is 47.5 Å². The van der Waals surface area contributed by atoms with Crippen molar-refractivity contribution in [1.29, 1.82) is 0 Å². The second-order valence-corrected chi connectivity index (χ2v) is 5.14. The number of rotatable bonds is 5. The van der Waals surface area contributed by atoms with Gasteiger partial charge in [-0.1, -0.05) is 13.5 Å². The zero-order valence-corrected chi connectivity index (χ0v) is 10.5. The van der Waals surface area contributed by atoms with Gasteiger partial charge >= 0.3 is 5.97 Å². The standard InChI is InChI=1S/C12H23NO2/c1-7-12(6,8-11(4,5)13)15-10(14)9(2)3/h2,7-8,13H2,1,3-6H3. The van der Waals surface area contributed by atoms with Crippen molar-refractivity contribution in [2.45, 2.75) is 58.6 Å². The Labute approximate surface area is 92.7 Å². The Morgan fingerprint density at radius 3 is 2.13 bits per heavy atom. The predicted molar refractivity (Wildman–Crippen MR) is 62.5 cm³/mol. The van der Waals surface area contributed by atoms with Gasteiger partial charge in [-0.3, -0.25) is 0 Å². The van der Waals surface area contributed by atoms with Crippen LogP contribution >= 0.6 is 0 Å². The first-order chi connectivity index (χ1) is 6.59. The van der Waals surface area contributed by atoms with Gasteiger partial charge in [0.2, 0.25) is 0 Å². The topological polar surface area (TPSA) is 52.3 Å². The molecular weight excluding hydrogens is 190 g/mol. The van der Waals surface area contributed by atoms with Gasteiger partial charge in [0.1, 0.15) is 5.60 Å². The molecule has 0 aliphatic heterocycles. The predicted octanol–water partition coefficient (Wildman–Crippen LogP) is 2.40. The lowest BCUT2D eigenvalue weighted by Gasteiger charge is -2.34. The summed E-state index contributed by atoms with van der Waals surface area (Å²) in [6.45, 7) is 13.0. The molecule has 0 heterocycles. The molecule has 0 radical (unpaired) electrons. The van der Waals surface area contributed by atoms with Crippen LogP contribution in [-0.2, 0) is 9.53 Å². The molecule has 1 unspecified atom stereocenters. The summed E-state index contributed by atoms with van der Waals surface area (Å²) >= 11 is 0. The molecule has 0 spiro atoms. The molecule has 15 heavy (non-hydrogen) atoms. The summed E-state index contributed by atoms with van der Waals surface area (Å²) < 4.78 is 5.41. The smallest absolute Gasteiger partial charge is 0.333 e. The minimum absolute atomic E-state index is 0.344. The van der Waals surface area contributed by atoms with Crippen LogP contribution in [0, 0.1) is 0 Å². The summed E-state index contributed by atoms with van der Waals surface area (Å²) in [5, 5.41) is 0. The average Bonchev–Trinajstić information content (AvgIpc) is 2.00. The third-order valence-electron chi connectivity index (χ3n) is 2.27. The largest absolute Gasteiger partial charge is 0.456 e. The summed E-state index contributed by atoms with van der Waals surface area (Å²) in [4.78, 5) is 11.4. The van der Waals surface area contributed by atoms with Gasteiger partial charge in [0.25, 0.3) is 0 Å². The number of carbonyl (C=O) groups excluding carboxylic acids is 1. The van der Waals surface area contributed by atoms with Gasteiger partial charge < -0.3 is 10.5 Å². The molecule has 0 aliphatic rings. The van der Waals surface area contributed by atoms with E-state index < -0.39 is 5.60 Å². The number of ether oxygens (including phenoxy) is 1. The highest BCUT2D eigenvalue weighted by atomic mass is 16.6. The van der Waals surface area contributed by atoms with E-state index in [-0.39, 0.29) is 11.5 Å². The van der Waals surface area contributed by atoms with E-state index in [0.29, 0.717) is 12.0 Å². The van der Waals surface area contributed by atoms with Crippen molar-refractivity contribution in [1.82, 2.24) is 0 Å². The van der Waals surface area contributed by atoms with Crippen molar-refractivity contribution in [2.75, 3.05) is 0 Å². The van der Waals surface area contributed by atoms with E-state index >= 15 is 0 Å². The zero-order chi connectivity index (χ0) is 12.3. The van der Waals surface area contributed by atoms with Crippen molar-refractivity contribution in [3.8, 4) is 0 Å². The van der Waals surface area contributed by atoms with Crippen LogP contribution < -0.4 is 5.73 Å². The van der Waals surface area contributed by atoms with E-state index in [2.05, 4.69) is 6.58 Å². The molecule has 0 aromatic rings. The van der Waals surface area contributed by atoms with Gasteiger partial charge in [-0.05, 0) is 34.1 Å². The second kappa shape index (κ2) is 4.79. The highest BCUT2D eigenvalue weighted by molar-refractivity contribution is 5.87. The lowest BCUT2D eigenvalue weighted by Crippen LogP contribution is -2.44. The lowest BCUT2D eigenvalue weighted by atomic mass is 9.87. The first kappa shape index (κ1) is 14.2. The van der Waals surface area contributed by atoms with Crippen LogP contribution in [0.3, 0.4) is 0 Å². The highest BCUT2D eigenvalue weighted by Crippen LogP contribution is 2.26. The summed E-state index contributed by atoms with van der Waals surface area (Å²) in [6.07, 6.45) is 1.38. The molecule has 3 nitrogen and oxygen atoms in total. The minimum atomic E-state index is -0.506. The van der Waals surface area contributed by atoms with Crippen LogP contribution in [0.4, 0.5) is 0 Å². The SMILES string of the molecule is C=C(C)C(=O)OC(C)(CC)CC(C)(C)N. The van der Waals surface area contributed by atoms with E-state index in [9.17, 15) is 4.79 Å². The molecule has 0 bridgehead atoms. The Morgan fingerprint density at radius 2 is 1.87 bits per heavy atom. The Hall–Kier alpha value is -0.830. The molecule has 0 aromatic heterocycles. The Bertz CT molecular complexity index is 253. The molecule has 0 aromatic carbocycles. The van der Waals surface area contributed by atoms with Gasteiger partial charge in [0.15, 0.2) is 0 Å². The normalized spacial score (nSPS) is 15.6. The van der Waals surface area contributed by atoms with Crippen molar-refractivity contribution >= 4 is 5.97 Å². The van der Waals surface area contributed by atoms with E-state index in [1.165, 1.54) is 0 Å². The zero-order valence-electron chi connectivity index (χ0n) is 10.5. The van der Waals surface area contributed by atoms with Crippen LogP contribution in [-0.4, -0.2) is 17.1 Å². The van der Waals surface area contributed by atoms with Gasteiger partial charge in [0, 0.05) is 17.5 Å². The van der Waals surface area contributed by atoms with Crippen molar-refractivity contribution in [2.24, 2.45) is 5.73 Å². The molecule has 0 aliphatic carbocycles. The van der Waals surface area contributed by atoms with Crippen molar-refractivity contribution in [3.05, 3.63) is 12.2 Å². The molecule has 1 atom stereocenters. The quantitative estimate of drug-likeness (QED) is 0.563. The third-order valence-corrected chi connectivity index (χ3v) is 2.27. The van der Waals surface area contributed by atoms with E-state index in [1.807, 2.05) is 27.7 Å². The fourth-order valence-corrected chi connectivity index (χ4v) is 1.51. The van der Waals surface area contributed by atoms with Gasteiger partial charge in [0.05, 0.1) is 0 Å². The molecule has 0 amide bonds. The third kappa shape index (κ3) is 5.57. The maximum Gasteiger partial charge on any atom is 0.333 e. The molecule has 0 saturated heterocycles. The Morgan fingerprint density at radius 1 is 1.40 bits per heavy atom. The number of nitrogens with two attached hydrogens (primary N) is 1. The fourth-order valence-electron chi connectivity index (χ4n) is 1.51. The monoisotopic (exact) mass is 213 g/mol. The maximum absolute atomic E-state index is 11.4. The lowest BCUT2D eigenvalue weighted by molar-refractivity contribution is -0.155. The van der Waals surface area contributed by atoms with E-state index in [0.717, 1.165) is 6.42 Å². The van der Waals surface area contributed by atoms with Crippen LogP contribution in [0.5, 0.6) is 0 Å². The average molecular weight is 213 g/mol. The molecule has 3 heteroatoms. The maximum atomic E-state index is 11.4. The van der Waals surface area contributed by atoms with Crippen molar-refractivity contribution < 1.29 is 9.53 Å². The first-order valence-electron chi connectivity index (χ1n) is 5.27. The van der Waals surface area contributed by atoms with Crippen molar-refractivity contribution in [3.63, 3.8) is 0 Å². The van der Waals surface area contributed by atoms with Crippen LogP contribution in [0.25, 0.3) is 0 Å².